The molecule has 3 rings (SSSR count). The van der Waals surface area contributed by atoms with Crippen molar-refractivity contribution in [3.63, 3.8) is 0 Å². The van der Waals surface area contributed by atoms with Crippen LogP contribution in [0.1, 0.15) is 21.8 Å². The number of thiophene rings is 1. The molecule has 0 bridgehead atoms. The van der Waals surface area contributed by atoms with Crippen LogP contribution in [0.15, 0.2) is 36.5 Å². The van der Waals surface area contributed by atoms with Gasteiger partial charge in [0.1, 0.15) is 5.69 Å². The molecule has 0 unspecified atom stereocenters. The van der Waals surface area contributed by atoms with Crippen LogP contribution in [0.3, 0.4) is 0 Å². The second-order valence-electron chi connectivity index (χ2n) is 5.34. The van der Waals surface area contributed by atoms with Gasteiger partial charge < -0.3 is 4.90 Å². The summed E-state index contributed by atoms with van der Waals surface area (Å²) in [4.78, 5) is 22.2. The predicted molar refractivity (Wildman–Crippen MR) is 89.4 cm³/mol. The van der Waals surface area contributed by atoms with Crippen LogP contribution in [0.4, 0.5) is 0 Å². The van der Waals surface area contributed by atoms with Gasteiger partial charge in [0, 0.05) is 43.8 Å². The summed E-state index contributed by atoms with van der Waals surface area (Å²) in [7, 11) is 0. The van der Waals surface area contributed by atoms with Gasteiger partial charge in [0.2, 0.25) is 0 Å². The highest BCUT2D eigenvalue weighted by Gasteiger charge is 2.21. The summed E-state index contributed by atoms with van der Waals surface area (Å²) >= 11 is 7.61. The third kappa shape index (κ3) is 3.85. The largest absolute Gasteiger partial charge is 0.336 e. The molecule has 6 heteroatoms. The monoisotopic (exact) mass is 335 g/mol. The molecule has 0 N–H and O–H groups in total. The normalized spacial score (nSPS) is 16.5. The molecule has 0 aromatic carbocycles. The lowest BCUT2D eigenvalue weighted by Crippen LogP contribution is -2.35. The number of carbonyl (C=O) groups is 1. The van der Waals surface area contributed by atoms with E-state index in [2.05, 4.69) is 16.0 Å². The van der Waals surface area contributed by atoms with E-state index in [0.29, 0.717) is 5.69 Å². The third-order valence-corrected chi connectivity index (χ3v) is 4.98. The Kier molecular flexibility index (Phi) is 5.08. The molecule has 0 atom stereocenters. The van der Waals surface area contributed by atoms with Gasteiger partial charge in [-0.05, 0) is 30.7 Å². The minimum absolute atomic E-state index is 0.0293. The number of aromatic nitrogens is 1. The topological polar surface area (TPSA) is 36.4 Å². The number of rotatable bonds is 3. The molecule has 1 saturated heterocycles. The van der Waals surface area contributed by atoms with E-state index in [9.17, 15) is 4.79 Å². The van der Waals surface area contributed by atoms with Crippen LogP contribution in [0.2, 0.25) is 4.34 Å². The highest BCUT2D eigenvalue weighted by atomic mass is 35.5. The average molecular weight is 336 g/mol. The van der Waals surface area contributed by atoms with Crippen LogP contribution in [0.5, 0.6) is 0 Å². The lowest BCUT2D eigenvalue weighted by molar-refractivity contribution is 0.0755. The summed E-state index contributed by atoms with van der Waals surface area (Å²) in [5, 5.41) is 0. The van der Waals surface area contributed by atoms with Gasteiger partial charge in [0.05, 0.1) is 4.34 Å². The predicted octanol–water partition coefficient (Wildman–Crippen LogP) is 3.14. The number of nitrogens with zero attached hydrogens (tertiary/aromatic N) is 3. The number of pyridine rings is 1. The Hall–Kier alpha value is -1.43. The molecule has 2 aromatic heterocycles. The molecule has 3 heterocycles. The van der Waals surface area contributed by atoms with Gasteiger partial charge in [-0.25, -0.2) is 0 Å². The van der Waals surface area contributed by atoms with E-state index in [1.54, 1.807) is 23.6 Å². The van der Waals surface area contributed by atoms with Gasteiger partial charge in [-0.15, -0.1) is 11.3 Å². The van der Waals surface area contributed by atoms with Crippen LogP contribution >= 0.6 is 22.9 Å². The summed E-state index contributed by atoms with van der Waals surface area (Å²) in [5.74, 6) is 0.0293. The standard InChI is InChI=1S/C16H18ClN3OS/c17-15-6-5-13(22-15)12-19-8-3-9-20(11-10-19)16(21)14-4-1-2-7-18-14/h1-2,4-7H,3,8-12H2. The van der Waals surface area contributed by atoms with E-state index in [1.165, 1.54) is 4.88 Å². The second kappa shape index (κ2) is 7.22. The highest BCUT2D eigenvalue weighted by Crippen LogP contribution is 2.23. The Balaban J connectivity index is 1.59. The van der Waals surface area contributed by atoms with E-state index in [0.717, 1.165) is 43.5 Å². The molecule has 1 aliphatic rings. The van der Waals surface area contributed by atoms with E-state index in [1.807, 2.05) is 23.1 Å². The lowest BCUT2D eigenvalue weighted by Gasteiger charge is -2.21. The molecule has 2 aromatic rings. The molecular weight excluding hydrogens is 318 g/mol. The van der Waals surface area contributed by atoms with E-state index >= 15 is 0 Å². The molecule has 4 nitrogen and oxygen atoms in total. The second-order valence-corrected chi connectivity index (χ2v) is 7.14. The summed E-state index contributed by atoms with van der Waals surface area (Å²) < 4.78 is 0.830. The van der Waals surface area contributed by atoms with Crippen LogP contribution < -0.4 is 0 Å². The lowest BCUT2D eigenvalue weighted by atomic mass is 10.3. The number of amides is 1. The number of hydrogen-bond donors (Lipinski definition) is 0. The van der Waals surface area contributed by atoms with Crippen molar-refractivity contribution < 1.29 is 4.79 Å². The summed E-state index contributed by atoms with van der Waals surface area (Å²) in [5.41, 5.74) is 0.529. The quantitative estimate of drug-likeness (QED) is 0.864. The fourth-order valence-electron chi connectivity index (χ4n) is 2.64. The summed E-state index contributed by atoms with van der Waals surface area (Å²) in [6, 6.07) is 9.47. The molecule has 22 heavy (non-hydrogen) atoms. The van der Waals surface area contributed by atoms with Crippen molar-refractivity contribution in [1.82, 2.24) is 14.8 Å². The maximum atomic E-state index is 12.5. The van der Waals surface area contributed by atoms with Gasteiger partial charge in [-0.1, -0.05) is 17.7 Å². The zero-order valence-electron chi connectivity index (χ0n) is 12.2. The van der Waals surface area contributed by atoms with Gasteiger partial charge in [-0.2, -0.15) is 0 Å². The highest BCUT2D eigenvalue weighted by molar-refractivity contribution is 7.16. The van der Waals surface area contributed by atoms with Crippen molar-refractivity contribution in [2.75, 3.05) is 26.2 Å². The van der Waals surface area contributed by atoms with Crippen LogP contribution in [-0.2, 0) is 6.54 Å². The van der Waals surface area contributed by atoms with Crippen molar-refractivity contribution >= 4 is 28.8 Å². The van der Waals surface area contributed by atoms with Crippen LogP contribution in [-0.4, -0.2) is 46.9 Å². The van der Waals surface area contributed by atoms with Crippen LogP contribution in [0, 0.1) is 0 Å². The zero-order chi connectivity index (χ0) is 15.4. The van der Waals surface area contributed by atoms with Crippen molar-refractivity contribution in [2.24, 2.45) is 0 Å². The van der Waals surface area contributed by atoms with E-state index in [-0.39, 0.29) is 5.91 Å². The van der Waals surface area contributed by atoms with E-state index < -0.39 is 0 Å². The van der Waals surface area contributed by atoms with Gasteiger partial charge in [-0.3, -0.25) is 14.7 Å². The molecule has 1 aliphatic heterocycles. The first-order valence-electron chi connectivity index (χ1n) is 7.39. The van der Waals surface area contributed by atoms with Crippen LogP contribution in [0.25, 0.3) is 0 Å². The smallest absolute Gasteiger partial charge is 0.272 e. The maximum absolute atomic E-state index is 12.5. The molecule has 0 radical (unpaired) electrons. The Morgan fingerprint density at radius 2 is 2.09 bits per heavy atom. The summed E-state index contributed by atoms with van der Waals surface area (Å²) in [6.07, 6.45) is 2.65. The first-order chi connectivity index (χ1) is 10.7. The first-order valence-corrected chi connectivity index (χ1v) is 8.59. The average Bonchev–Trinajstić information content (AvgIpc) is 2.81. The zero-order valence-corrected chi connectivity index (χ0v) is 13.8. The fourth-order valence-corrected chi connectivity index (χ4v) is 3.77. The minimum Gasteiger partial charge on any atom is -0.336 e. The molecular formula is C16H18ClN3OS. The maximum Gasteiger partial charge on any atom is 0.272 e. The van der Waals surface area contributed by atoms with Crippen molar-refractivity contribution in [3.8, 4) is 0 Å². The molecule has 116 valence electrons. The first kappa shape index (κ1) is 15.5. The fraction of sp³-hybridized carbons (Fsp3) is 0.375. The van der Waals surface area contributed by atoms with Crippen molar-refractivity contribution in [1.29, 1.82) is 0 Å². The van der Waals surface area contributed by atoms with Gasteiger partial charge in [0.25, 0.3) is 5.91 Å². The minimum atomic E-state index is 0.0293. The van der Waals surface area contributed by atoms with Gasteiger partial charge in [0.15, 0.2) is 0 Å². The van der Waals surface area contributed by atoms with Crippen molar-refractivity contribution in [2.45, 2.75) is 13.0 Å². The van der Waals surface area contributed by atoms with E-state index in [4.69, 9.17) is 11.6 Å². The third-order valence-electron chi connectivity index (χ3n) is 3.77. The Labute approximate surface area is 139 Å². The van der Waals surface area contributed by atoms with Crippen molar-refractivity contribution in [3.05, 3.63) is 51.4 Å². The molecule has 0 spiro atoms. The molecule has 0 saturated carbocycles. The summed E-state index contributed by atoms with van der Waals surface area (Å²) in [6.45, 7) is 4.32. The Morgan fingerprint density at radius 1 is 1.18 bits per heavy atom. The number of carbonyl (C=O) groups excluding carboxylic acids is 1. The number of halogens is 1. The Morgan fingerprint density at radius 3 is 2.82 bits per heavy atom. The SMILES string of the molecule is O=C(c1ccccn1)N1CCCN(Cc2ccc(Cl)s2)CC1. The molecule has 1 amide bonds. The molecule has 1 fully saturated rings. The Bertz CT molecular complexity index is 631. The number of hydrogen-bond acceptors (Lipinski definition) is 4. The van der Waals surface area contributed by atoms with Gasteiger partial charge >= 0.3 is 0 Å². The molecule has 0 aliphatic carbocycles.